The molecule has 0 bridgehead atoms. The summed E-state index contributed by atoms with van der Waals surface area (Å²) >= 11 is 0. The molecule has 1 amide bonds. The molecular weight excluding hydrogens is 198 g/mol. The highest BCUT2D eigenvalue weighted by Gasteiger charge is 2.32. The summed E-state index contributed by atoms with van der Waals surface area (Å²) in [5, 5.41) is 10.6. The molecule has 1 aromatic carbocycles. The molecule has 0 radical (unpaired) electrons. The van der Waals surface area contributed by atoms with Gasteiger partial charge in [0.2, 0.25) is 0 Å². The van der Waals surface area contributed by atoms with Crippen molar-refractivity contribution in [2.24, 2.45) is 5.73 Å². The number of hydrogen-bond acceptors (Lipinski definition) is 4. The lowest BCUT2D eigenvalue weighted by Gasteiger charge is -2.20. The molecule has 1 aromatic rings. The summed E-state index contributed by atoms with van der Waals surface area (Å²) < 4.78 is 0. The van der Waals surface area contributed by atoms with Crippen LogP contribution in [0.15, 0.2) is 30.3 Å². The standard InChI is InChI=1S/C9H11N3O3/c1-11(7-5-3-2-4-6-7)9(8(10)13)12(14)15/h2-6,9H,1H3,(H2,10,13). The second-order valence-corrected chi connectivity index (χ2v) is 3.01. The fourth-order valence-corrected chi connectivity index (χ4v) is 1.24. The fourth-order valence-electron chi connectivity index (χ4n) is 1.24. The number of nitrogens with zero attached hydrogens (tertiary/aromatic N) is 2. The summed E-state index contributed by atoms with van der Waals surface area (Å²) in [6.45, 7) is 0. The van der Waals surface area contributed by atoms with Gasteiger partial charge in [0, 0.05) is 12.7 Å². The van der Waals surface area contributed by atoms with E-state index in [1.54, 1.807) is 30.3 Å². The van der Waals surface area contributed by atoms with Crippen LogP contribution in [-0.2, 0) is 4.79 Å². The number of carbonyl (C=O) groups excluding carboxylic acids is 1. The predicted molar refractivity (Wildman–Crippen MR) is 54.8 cm³/mol. The van der Waals surface area contributed by atoms with E-state index in [9.17, 15) is 14.9 Å². The number of nitrogens with two attached hydrogens (primary N) is 1. The zero-order chi connectivity index (χ0) is 11.4. The molecule has 15 heavy (non-hydrogen) atoms. The third-order valence-corrected chi connectivity index (χ3v) is 1.98. The number of para-hydroxylation sites is 1. The van der Waals surface area contributed by atoms with Crippen molar-refractivity contribution in [3.63, 3.8) is 0 Å². The van der Waals surface area contributed by atoms with Gasteiger partial charge in [-0.25, -0.2) is 0 Å². The highest BCUT2D eigenvalue weighted by Crippen LogP contribution is 2.14. The second-order valence-electron chi connectivity index (χ2n) is 3.01. The Labute approximate surface area is 86.4 Å². The summed E-state index contributed by atoms with van der Waals surface area (Å²) in [5.41, 5.74) is 5.52. The van der Waals surface area contributed by atoms with Crippen molar-refractivity contribution in [2.75, 3.05) is 11.9 Å². The first kappa shape index (κ1) is 11.0. The van der Waals surface area contributed by atoms with E-state index in [1.165, 1.54) is 11.9 Å². The van der Waals surface area contributed by atoms with Crippen molar-refractivity contribution in [3.05, 3.63) is 40.4 Å². The van der Waals surface area contributed by atoms with Crippen molar-refractivity contribution >= 4 is 11.6 Å². The molecular formula is C9H11N3O3. The SMILES string of the molecule is CN(c1ccccc1)C(C(N)=O)[N+](=O)[O-]. The minimum absolute atomic E-state index is 0.568. The average Bonchev–Trinajstić information content (AvgIpc) is 2.18. The molecule has 0 saturated carbocycles. The smallest absolute Gasteiger partial charge is 0.362 e. The Morgan fingerprint density at radius 2 is 2.00 bits per heavy atom. The Hall–Kier alpha value is -2.11. The molecule has 1 unspecified atom stereocenters. The Kier molecular flexibility index (Phi) is 3.22. The lowest BCUT2D eigenvalue weighted by Crippen LogP contribution is -2.48. The Balaban J connectivity index is 2.96. The van der Waals surface area contributed by atoms with Crippen molar-refractivity contribution in [2.45, 2.75) is 6.17 Å². The molecule has 0 aliphatic rings. The monoisotopic (exact) mass is 209 g/mol. The van der Waals surface area contributed by atoms with Crippen molar-refractivity contribution < 1.29 is 9.72 Å². The lowest BCUT2D eigenvalue weighted by molar-refractivity contribution is -0.506. The van der Waals surface area contributed by atoms with Crippen LogP contribution in [0.2, 0.25) is 0 Å². The molecule has 1 atom stereocenters. The van der Waals surface area contributed by atoms with Crippen LogP contribution in [0, 0.1) is 10.1 Å². The quantitative estimate of drug-likeness (QED) is 0.436. The van der Waals surface area contributed by atoms with Crippen LogP contribution in [0.4, 0.5) is 5.69 Å². The van der Waals surface area contributed by atoms with Crippen LogP contribution in [0.25, 0.3) is 0 Å². The molecule has 2 N–H and O–H groups in total. The number of likely N-dealkylation sites (N-methyl/N-ethyl adjacent to an activating group) is 1. The molecule has 0 aliphatic carbocycles. The van der Waals surface area contributed by atoms with Gasteiger partial charge in [-0.2, -0.15) is 0 Å². The molecule has 0 fully saturated rings. The van der Waals surface area contributed by atoms with Gasteiger partial charge in [0.25, 0.3) is 0 Å². The first-order valence-electron chi connectivity index (χ1n) is 4.24. The van der Waals surface area contributed by atoms with E-state index in [0.717, 1.165) is 0 Å². The molecule has 0 spiro atoms. The van der Waals surface area contributed by atoms with Crippen LogP contribution >= 0.6 is 0 Å². The van der Waals surface area contributed by atoms with Gasteiger partial charge < -0.3 is 10.6 Å². The number of carbonyl (C=O) groups is 1. The fraction of sp³-hybridized carbons (Fsp3) is 0.222. The van der Waals surface area contributed by atoms with Gasteiger partial charge in [-0.3, -0.25) is 14.9 Å². The number of hydrogen-bond donors (Lipinski definition) is 1. The predicted octanol–water partition coefficient (Wildman–Crippen LogP) is 0.211. The van der Waals surface area contributed by atoms with Gasteiger partial charge in [-0.05, 0) is 12.1 Å². The number of anilines is 1. The maximum Gasteiger partial charge on any atom is 0.364 e. The van der Waals surface area contributed by atoms with Gasteiger partial charge in [-0.15, -0.1) is 0 Å². The van der Waals surface area contributed by atoms with E-state index in [0.29, 0.717) is 5.69 Å². The van der Waals surface area contributed by atoms with Crippen LogP contribution in [0.3, 0.4) is 0 Å². The van der Waals surface area contributed by atoms with Crippen molar-refractivity contribution in [3.8, 4) is 0 Å². The van der Waals surface area contributed by atoms with Crippen LogP contribution in [0.5, 0.6) is 0 Å². The average molecular weight is 209 g/mol. The molecule has 0 aliphatic heterocycles. The molecule has 6 nitrogen and oxygen atoms in total. The number of amides is 1. The first-order chi connectivity index (χ1) is 7.04. The number of primary amides is 1. The topological polar surface area (TPSA) is 89.5 Å². The van der Waals surface area contributed by atoms with Crippen molar-refractivity contribution in [1.82, 2.24) is 0 Å². The van der Waals surface area contributed by atoms with Crippen molar-refractivity contribution in [1.29, 1.82) is 0 Å². The summed E-state index contributed by atoms with van der Waals surface area (Å²) in [4.78, 5) is 22.0. The minimum atomic E-state index is -1.53. The van der Waals surface area contributed by atoms with Crippen LogP contribution in [0.1, 0.15) is 0 Å². The Morgan fingerprint density at radius 3 is 2.40 bits per heavy atom. The summed E-state index contributed by atoms with van der Waals surface area (Å²) in [5.74, 6) is -0.980. The van der Waals surface area contributed by atoms with Gasteiger partial charge in [0.05, 0.1) is 4.92 Å². The van der Waals surface area contributed by atoms with Crippen LogP contribution < -0.4 is 10.6 Å². The molecule has 0 heterocycles. The largest absolute Gasteiger partial charge is 0.364 e. The third-order valence-electron chi connectivity index (χ3n) is 1.98. The minimum Gasteiger partial charge on any atom is -0.362 e. The number of benzene rings is 1. The van der Waals surface area contributed by atoms with Crippen LogP contribution in [-0.4, -0.2) is 24.0 Å². The molecule has 0 saturated heterocycles. The first-order valence-corrected chi connectivity index (χ1v) is 4.24. The highest BCUT2D eigenvalue weighted by atomic mass is 16.6. The summed E-state index contributed by atoms with van der Waals surface area (Å²) in [6.07, 6.45) is -1.53. The lowest BCUT2D eigenvalue weighted by atomic mass is 10.3. The van der Waals surface area contributed by atoms with Gasteiger partial charge >= 0.3 is 12.1 Å². The molecule has 1 rings (SSSR count). The Morgan fingerprint density at radius 1 is 1.47 bits per heavy atom. The Bertz CT molecular complexity index is 352. The van der Waals surface area contributed by atoms with E-state index in [2.05, 4.69) is 0 Å². The third kappa shape index (κ3) is 2.43. The normalized spacial score (nSPS) is 11.8. The summed E-state index contributed by atoms with van der Waals surface area (Å²) in [6, 6.07) is 8.56. The summed E-state index contributed by atoms with van der Waals surface area (Å²) in [7, 11) is 1.45. The van der Waals surface area contributed by atoms with E-state index < -0.39 is 17.0 Å². The second kappa shape index (κ2) is 4.41. The zero-order valence-electron chi connectivity index (χ0n) is 8.16. The van der Waals surface area contributed by atoms with Gasteiger partial charge in [0.1, 0.15) is 0 Å². The highest BCUT2D eigenvalue weighted by molar-refractivity contribution is 5.81. The van der Waals surface area contributed by atoms with E-state index in [-0.39, 0.29) is 0 Å². The maximum absolute atomic E-state index is 10.9. The van der Waals surface area contributed by atoms with E-state index >= 15 is 0 Å². The molecule has 6 heteroatoms. The number of rotatable bonds is 4. The zero-order valence-corrected chi connectivity index (χ0v) is 8.16. The van der Waals surface area contributed by atoms with Gasteiger partial charge in [0.15, 0.2) is 0 Å². The number of nitro groups is 1. The van der Waals surface area contributed by atoms with Gasteiger partial charge in [-0.1, -0.05) is 18.2 Å². The molecule has 80 valence electrons. The van der Waals surface area contributed by atoms with E-state index in [4.69, 9.17) is 5.73 Å². The van der Waals surface area contributed by atoms with E-state index in [1.807, 2.05) is 0 Å². The maximum atomic E-state index is 10.9. The molecule has 0 aromatic heterocycles.